The maximum absolute atomic E-state index is 12.1. The number of ether oxygens (including phenoxy) is 2. The first-order chi connectivity index (χ1) is 16.5. The molecule has 0 unspecified atom stereocenters. The summed E-state index contributed by atoms with van der Waals surface area (Å²) in [7, 11) is 0. The van der Waals surface area contributed by atoms with Crippen LogP contribution in [0.3, 0.4) is 0 Å². The average molecular weight is 461 g/mol. The summed E-state index contributed by atoms with van der Waals surface area (Å²) in [6, 6.07) is 16.5. The van der Waals surface area contributed by atoms with Crippen LogP contribution in [-0.4, -0.2) is 45.7 Å². The molecular weight excluding hydrogens is 432 g/mol. The molecular formula is C25H28N6O3. The van der Waals surface area contributed by atoms with E-state index in [2.05, 4.69) is 15.3 Å². The molecule has 0 bridgehead atoms. The summed E-state index contributed by atoms with van der Waals surface area (Å²) in [4.78, 5) is 22.2. The van der Waals surface area contributed by atoms with Gasteiger partial charge in [-0.05, 0) is 49.2 Å². The van der Waals surface area contributed by atoms with Crippen molar-refractivity contribution in [3.8, 4) is 23.1 Å². The fourth-order valence-electron chi connectivity index (χ4n) is 3.83. The lowest BCUT2D eigenvalue weighted by molar-refractivity contribution is -0.132. The number of hydrogen-bond acceptors (Lipinski definition) is 7. The Balaban J connectivity index is 1.45. The number of amidine groups is 1. The monoisotopic (exact) mass is 460 g/mol. The Kier molecular flexibility index (Phi) is 7.22. The zero-order valence-corrected chi connectivity index (χ0v) is 19.0. The van der Waals surface area contributed by atoms with Crippen LogP contribution in [0.25, 0.3) is 0 Å². The summed E-state index contributed by atoms with van der Waals surface area (Å²) in [5.41, 5.74) is 6.38. The number of anilines is 1. The average Bonchev–Trinajstić information content (AvgIpc) is 2.85. The van der Waals surface area contributed by atoms with E-state index in [0.717, 1.165) is 25.1 Å². The second-order valence-electron chi connectivity index (χ2n) is 7.98. The van der Waals surface area contributed by atoms with Crippen LogP contribution in [0.1, 0.15) is 31.7 Å². The molecule has 9 heteroatoms. The first-order valence-corrected chi connectivity index (χ1v) is 11.3. The van der Waals surface area contributed by atoms with Crippen LogP contribution in [0.15, 0.2) is 60.9 Å². The van der Waals surface area contributed by atoms with E-state index in [9.17, 15) is 4.79 Å². The smallest absolute Gasteiger partial charge is 0.235 e. The number of benzene rings is 2. The standard InChI is InChI=1S/C25H28N6O3/c1-2-21(32)31-14-6-7-17(15-31)30-24(27)22-23(26)28-16-29-25(22)34-20-12-10-19(11-13-20)33-18-8-4-3-5-9-18/h3-5,8-13,16-17H,2,6-7,14-15H2,1H3,(H2,27,30)(H2,26,28,29)/t17-/m1/s1. The molecule has 3 aromatic rings. The van der Waals surface area contributed by atoms with E-state index in [4.69, 9.17) is 20.6 Å². The lowest BCUT2D eigenvalue weighted by atomic mass is 10.0. The highest BCUT2D eigenvalue weighted by molar-refractivity contribution is 6.02. The summed E-state index contributed by atoms with van der Waals surface area (Å²) in [5.74, 6) is 2.42. The Morgan fingerprint density at radius 3 is 2.47 bits per heavy atom. The molecule has 4 N–H and O–H groups in total. The first kappa shape index (κ1) is 23.0. The molecule has 1 atom stereocenters. The van der Waals surface area contributed by atoms with Gasteiger partial charge in [-0.2, -0.15) is 0 Å². The van der Waals surface area contributed by atoms with E-state index in [0.29, 0.717) is 24.5 Å². The van der Waals surface area contributed by atoms with Crippen LogP contribution in [0.5, 0.6) is 23.1 Å². The summed E-state index contributed by atoms with van der Waals surface area (Å²) in [6.45, 7) is 3.14. The van der Waals surface area contributed by atoms with E-state index in [1.165, 1.54) is 6.33 Å². The molecule has 4 rings (SSSR count). The van der Waals surface area contributed by atoms with Gasteiger partial charge < -0.3 is 25.4 Å². The molecule has 2 aromatic carbocycles. The third-order valence-electron chi connectivity index (χ3n) is 5.53. The van der Waals surface area contributed by atoms with Gasteiger partial charge in [-0.15, -0.1) is 0 Å². The number of nitrogens with two attached hydrogens (primary N) is 1. The Hall–Kier alpha value is -4.14. The number of hydrogen-bond donors (Lipinski definition) is 3. The topological polar surface area (TPSA) is 126 Å². The van der Waals surface area contributed by atoms with Gasteiger partial charge in [-0.3, -0.25) is 10.2 Å². The summed E-state index contributed by atoms with van der Waals surface area (Å²) < 4.78 is 11.8. The Morgan fingerprint density at radius 1 is 1.09 bits per heavy atom. The zero-order valence-electron chi connectivity index (χ0n) is 19.0. The minimum atomic E-state index is -0.0568. The lowest BCUT2D eigenvalue weighted by Crippen LogP contribution is -2.49. The van der Waals surface area contributed by atoms with E-state index >= 15 is 0 Å². The number of nitrogens with zero attached hydrogens (tertiary/aromatic N) is 3. The SMILES string of the molecule is CCC(=O)N1CCC[C@@H](NC(=N)c2c(N)ncnc2Oc2ccc(Oc3ccccc3)cc2)C1. The third-order valence-corrected chi connectivity index (χ3v) is 5.53. The predicted octanol–water partition coefficient (Wildman–Crippen LogP) is 3.96. The van der Waals surface area contributed by atoms with E-state index in [1.54, 1.807) is 24.3 Å². The van der Waals surface area contributed by atoms with Crippen molar-refractivity contribution < 1.29 is 14.3 Å². The third kappa shape index (κ3) is 5.61. The van der Waals surface area contributed by atoms with Gasteiger partial charge in [0.1, 0.15) is 40.8 Å². The van der Waals surface area contributed by atoms with E-state index < -0.39 is 0 Å². The van der Waals surface area contributed by atoms with Crippen molar-refractivity contribution in [3.05, 3.63) is 66.5 Å². The molecule has 0 spiro atoms. The second-order valence-corrected chi connectivity index (χ2v) is 7.98. The highest BCUT2D eigenvalue weighted by Crippen LogP contribution is 2.29. The Bertz CT molecular complexity index is 1140. The molecule has 1 saturated heterocycles. The molecule has 9 nitrogen and oxygen atoms in total. The summed E-state index contributed by atoms with van der Waals surface area (Å²) in [5, 5.41) is 11.8. The van der Waals surface area contributed by atoms with Crippen LogP contribution in [0.4, 0.5) is 5.82 Å². The number of piperidine rings is 1. The fourth-order valence-corrected chi connectivity index (χ4v) is 3.83. The molecule has 1 aromatic heterocycles. The number of carbonyl (C=O) groups excluding carboxylic acids is 1. The number of nitrogens with one attached hydrogen (secondary N) is 2. The molecule has 1 aliphatic heterocycles. The number of likely N-dealkylation sites (tertiary alicyclic amines) is 1. The van der Waals surface area contributed by atoms with Gasteiger partial charge in [-0.1, -0.05) is 25.1 Å². The summed E-state index contributed by atoms with van der Waals surface area (Å²) in [6.07, 6.45) is 3.49. The predicted molar refractivity (Wildman–Crippen MR) is 129 cm³/mol. The number of aromatic nitrogens is 2. The van der Waals surface area contributed by atoms with Gasteiger partial charge in [0.05, 0.1) is 0 Å². The normalized spacial score (nSPS) is 15.4. The number of para-hydroxylation sites is 1. The summed E-state index contributed by atoms with van der Waals surface area (Å²) >= 11 is 0. The first-order valence-electron chi connectivity index (χ1n) is 11.3. The molecule has 34 heavy (non-hydrogen) atoms. The van der Waals surface area contributed by atoms with Crippen LogP contribution in [-0.2, 0) is 4.79 Å². The Morgan fingerprint density at radius 2 is 1.76 bits per heavy atom. The number of carbonyl (C=O) groups is 1. The van der Waals surface area contributed by atoms with Gasteiger partial charge in [-0.25, -0.2) is 9.97 Å². The van der Waals surface area contributed by atoms with E-state index in [-0.39, 0.29) is 35.0 Å². The van der Waals surface area contributed by atoms with Crippen molar-refractivity contribution in [2.75, 3.05) is 18.8 Å². The van der Waals surface area contributed by atoms with Crippen molar-refractivity contribution in [1.82, 2.24) is 20.2 Å². The number of nitrogen functional groups attached to an aromatic ring is 1. The van der Waals surface area contributed by atoms with Crippen molar-refractivity contribution in [3.63, 3.8) is 0 Å². The highest BCUT2D eigenvalue weighted by Gasteiger charge is 2.25. The van der Waals surface area contributed by atoms with Gasteiger partial charge in [0.2, 0.25) is 11.8 Å². The molecule has 0 saturated carbocycles. The maximum atomic E-state index is 12.1. The molecule has 176 valence electrons. The van der Waals surface area contributed by atoms with Crippen LogP contribution < -0.4 is 20.5 Å². The highest BCUT2D eigenvalue weighted by atomic mass is 16.5. The van der Waals surface area contributed by atoms with Gasteiger partial charge in [0.25, 0.3) is 0 Å². The second kappa shape index (κ2) is 10.7. The quantitative estimate of drug-likeness (QED) is 0.360. The van der Waals surface area contributed by atoms with Crippen molar-refractivity contribution in [2.45, 2.75) is 32.2 Å². The molecule has 0 radical (unpaired) electrons. The molecule has 1 aliphatic rings. The molecule has 1 amide bonds. The fraction of sp³-hybridized carbons (Fsp3) is 0.280. The van der Waals surface area contributed by atoms with Gasteiger partial charge in [0.15, 0.2) is 0 Å². The van der Waals surface area contributed by atoms with Crippen molar-refractivity contribution >= 4 is 17.6 Å². The van der Waals surface area contributed by atoms with Crippen molar-refractivity contribution in [2.24, 2.45) is 0 Å². The lowest BCUT2D eigenvalue weighted by Gasteiger charge is -2.33. The van der Waals surface area contributed by atoms with Gasteiger partial charge >= 0.3 is 0 Å². The maximum Gasteiger partial charge on any atom is 0.235 e. The van der Waals surface area contributed by atoms with Crippen LogP contribution >= 0.6 is 0 Å². The number of rotatable bonds is 7. The van der Waals surface area contributed by atoms with Crippen molar-refractivity contribution in [1.29, 1.82) is 5.41 Å². The van der Waals surface area contributed by atoms with Gasteiger partial charge in [0, 0.05) is 25.6 Å². The zero-order chi connectivity index (χ0) is 23.9. The molecule has 0 aliphatic carbocycles. The minimum Gasteiger partial charge on any atom is -0.457 e. The van der Waals surface area contributed by atoms with Crippen LogP contribution in [0, 0.1) is 5.41 Å². The molecule has 2 heterocycles. The number of amides is 1. The Labute approximate surface area is 198 Å². The van der Waals surface area contributed by atoms with Crippen LogP contribution in [0.2, 0.25) is 0 Å². The molecule has 1 fully saturated rings. The largest absolute Gasteiger partial charge is 0.457 e. The van der Waals surface area contributed by atoms with E-state index in [1.807, 2.05) is 42.2 Å². The minimum absolute atomic E-state index is 0.0568.